The molecule has 0 spiro atoms. The Balaban J connectivity index is 2.16. The van der Waals surface area contributed by atoms with Crippen molar-refractivity contribution >= 4 is 17.1 Å². The van der Waals surface area contributed by atoms with Gasteiger partial charge in [0, 0.05) is 16.8 Å². The number of hydrogen-bond acceptors (Lipinski definition) is 1. The topological polar surface area (TPSA) is 17.3 Å². The molecule has 3 rings (SSSR count). The second-order valence-corrected chi connectivity index (χ2v) is 4.74. The Kier molecular flexibility index (Phi) is 2.94. The van der Waals surface area contributed by atoms with E-state index in [4.69, 9.17) is 11.6 Å². The number of rotatable bonds is 1. The summed E-state index contributed by atoms with van der Waals surface area (Å²) in [7, 11) is 0. The van der Waals surface area contributed by atoms with Crippen LogP contribution in [0.25, 0.3) is 16.9 Å². The molecule has 0 N–H and O–H groups in total. The number of imidazole rings is 1. The van der Waals surface area contributed by atoms with E-state index in [-0.39, 0.29) is 0 Å². The Morgan fingerprint density at radius 2 is 1.90 bits per heavy atom. The van der Waals surface area contributed by atoms with Crippen molar-refractivity contribution in [3.63, 3.8) is 0 Å². The maximum atomic E-state index is 12.7. The third kappa shape index (κ3) is 2.25. The summed E-state index contributed by atoms with van der Waals surface area (Å²) in [6, 6.07) is 8.45. The van der Waals surface area contributed by atoms with Crippen LogP contribution in [0.15, 0.2) is 48.8 Å². The van der Waals surface area contributed by atoms with E-state index in [1.165, 1.54) is 6.07 Å². The Morgan fingerprint density at radius 1 is 1.10 bits per heavy atom. The highest BCUT2D eigenvalue weighted by Crippen LogP contribution is 2.32. The number of benzene rings is 1. The van der Waals surface area contributed by atoms with Crippen LogP contribution in [-0.4, -0.2) is 9.38 Å². The molecule has 6 heteroatoms. The van der Waals surface area contributed by atoms with Crippen molar-refractivity contribution in [2.24, 2.45) is 0 Å². The van der Waals surface area contributed by atoms with Crippen molar-refractivity contribution in [1.82, 2.24) is 9.38 Å². The lowest BCUT2D eigenvalue weighted by atomic mass is 10.1. The molecule has 3 aromatic rings. The van der Waals surface area contributed by atoms with E-state index in [0.717, 1.165) is 17.6 Å². The van der Waals surface area contributed by atoms with Gasteiger partial charge in [-0.2, -0.15) is 13.2 Å². The summed E-state index contributed by atoms with van der Waals surface area (Å²) < 4.78 is 39.9. The zero-order valence-electron chi connectivity index (χ0n) is 10.0. The van der Waals surface area contributed by atoms with Gasteiger partial charge in [0.25, 0.3) is 0 Å². The lowest BCUT2D eigenvalue weighted by Gasteiger charge is -2.08. The fraction of sp³-hybridized carbons (Fsp3) is 0.0714. The van der Waals surface area contributed by atoms with Crippen LogP contribution < -0.4 is 0 Å². The molecule has 20 heavy (non-hydrogen) atoms. The van der Waals surface area contributed by atoms with Crippen LogP contribution >= 0.6 is 11.6 Å². The van der Waals surface area contributed by atoms with Crippen LogP contribution in [0.5, 0.6) is 0 Å². The molecule has 2 heterocycles. The largest absolute Gasteiger partial charge is 0.416 e. The quantitative estimate of drug-likeness (QED) is 0.637. The molecule has 0 fully saturated rings. The number of pyridine rings is 1. The number of alkyl halides is 3. The van der Waals surface area contributed by atoms with Crippen molar-refractivity contribution < 1.29 is 13.2 Å². The average molecular weight is 297 g/mol. The van der Waals surface area contributed by atoms with Crippen molar-refractivity contribution in [2.45, 2.75) is 6.18 Å². The van der Waals surface area contributed by atoms with Crippen LogP contribution in [-0.2, 0) is 6.18 Å². The fourth-order valence-electron chi connectivity index (χ4n) is 2.02. The molecule has 1 aromatic carbocycles. The first-order valence-corrected chi connectivity index (χ1v) is 6.13. The smallest absolute Gasteiger partial charge is 0.300 e. The summed E-state index contributed by atoms with van der Waals surface area (Å²) in [5.41, 5.74) is 0.438. The zero-order chi connectivity index (χ0) is 14.3. The highest BCUT2D eigenvalue weighted by atomic mass is 35.5. The van der Waals surface area contributed by atoms with Crippen molar-refractivity contribution in [3.8, 4) is 11.4 Å². The number of hydrogen-bond donors (Lipinski definition) is 0. The van der Waals surface area contributed by atoms with E-state index in [9.17, 15) is 13.2 Å². The van der Waals surface area contributed by atoms with Crippen LogP contribution in [0, 0.1) is 0 Å². The van der Waals surface area contributed by atoms with Gasteiger partial charge in [0.1, 0.15) is 5.82 Å². The minimum absolute atomic E-state index is 0.405. The Hall–Kier alpha value is -2.01. The molecule has 2 nitrogen and oxygen atoms in total. The lowest BCUT2D eigenvalue weighted by molar-refractivity contribution is -0.137. The van der Waals surface area contributed by atoms with Crippen LogP contribution in [0.1, 0.15) is 5.56 Å². The molecule has 0 aliphatic carbocycles. The third-order valence-corrected chi connectivity index (χ3v) is 3.18. The van der Waals surface area contributed by atoms with E-state index in [0.29, 0.717) is 16.4 Å². The van der Waals surface area contributed by atoms with Gasteiger partial charge in [0.05, 0.1) is 17.3 Å². The Bertz CT molecular complexity index is 777. The van der Waals surface area contributed by atoms with E-state index >= 15 is 0 Å². The van der Waals surface area contributed by atoms with Gasteiger partial charge in [0.2, 0.25) is 0 Å². The minimum atomic E-state index is -4.37. The summed E-state index contributed by atoms with van der Waals surface area (Å²) in [5, 5.41) is 0.549. The van der Waals surface area contributed by atoms with Gasteiger partial charge in [-0.3, -0.25) is 4.40 Å². The van der Waals surface area contributed by atoms with Gasteiger partial charge in [-0.1, -0.05) is 23.7 Å². The second kappa shape index (κ2) is 4.52. The maximum Gasteiger partial charge on any atom is 0.416 e. The lowest BCUT2D eigenvalue weighted by Crippen LogP contribution is -2.04. The Labute approximate surface area is 117 Å². The fourth-order valence-corrected chi connectivity index (χ4v) is 2.19. The molecule has 0 aliphatic rings. The molecular formula is C14H8ClF3N2. The SMILES string of the molecule is FC(F)(F)c1cccc(-c2ncc3cc(Cl)ccn23)c1. The normalized spacial score (nSPS) is 12.0. The summed E-state index contributed by atoms with van der Waals surface area (Å²) in [6.07, 6.45) is -1.12. The Morgan fingerprint density at radius 3 is 2.65 bits per heavy atom. The van der Waals surface area contributed by atoms with Gasteiger partial charge in [-0.25, -0.2) is 4.98 Å². The zero-order valence-corrected chi connectivity index (χ0v) is 10.8. The monoisotopic (exact) mass is 296 g/mol. The third-order valence-electron chi connectivity index (χ3n) is 2.94. The van der Waals surface area contributed by atoms with Crippen LogP contribution in [0.2, 0.25) is 5.02 Å². The maximum absolute atomic E-state index is 12.7. The molecule has 0 atom stereocenters. The average Bonchev–Trinajstić information content (AvgIpc) is 2.80. The highest BCUT2D eigenvalue weighted by molar-refractivity contribution is 6.30. The number of nitrogens with zero attached hydrogens (tertiary/aromatic N) is 2. The van der Waals surface area contributed by atoms with E-state index in [1.807, 2.05) is 0 Å². The van der Waals surface area contributed by atoms with Gasteiger partial charge in [0.15, 0.2) is 0 Å². The molecule has 2 aromatic heterocycles. The summed E-state index contributed by atoms with van der Waals surface area (Å²) in [6.45, 7) is 0. The van der Waals surface area contributed by atoms with Crippen LogP contribution in [0.4, 0.5) is 13.2 Å². The van der Waals surface area contributed by atoms with E-state index in [2.05, 4.69) is 4.98 Å². The van der Waals surface area contributed by atoms with Crippen molar-refractivity contribution in [2.75, 3.05) is 0 Å². The van der Waals surface area contributed by atoms with Gasteiger partial charge < -0.3 is 0 Å². The molecule has 0 saturated heterocycles. The summed E-state index contributed by atoms with van der Waals surface area (Å²) in [4.78, 5) is 4.17. The predicted molar refractivity (Wildman–Crippen MR) is 70.6 cm³/mol. The van der Waals surface area contributed by atoms with Gasteiger partial charge in [-0.05, 0) is 24.3 Å². The first kappa shape index (κ1) is 13.0. The van der Waals surface area contributed by atoms with E-state index in [1.54, 1.807) is 35.0 Å². The number of fused-ring (bicyclic) bond motifs is 1. The molecule has 102 valence electrons. The molecule has 0 amide bonds. The molecule has 0 radical (unpaired) electrons. The first-order valence-electron chi connectivity index (χ1n) is 5.75. The minimum Gasteiger partial charge on any atom is -0.300 e. The number of halogens is 4. The molecule has 0 saturated carbocycles. The molecule has 0 bridgehead atoms. The summed E-state index contributed by atoms with van der Waals surface area (Å²) in [5.74, 6) is 0.447. The molecule has 0 unspecified atom stereocenters. The molecular weight excluding hydrogens is 289 g/mol. The summed E-state index contributed by atoms with van der Waals surface area (Å²) >= 11 is 5.87. The second-order valence-electron chi connectivity index (χ2n) is 4.30. The number of aromatic nitrogens is 2. The van der Waals surface area contributed by atoms with Crippen molar-refractivity contribution in [3.05, 3.63) is 59.4 Å². The first-order chi connectivity index (χ1) is 9.45. The van der Waals surface area contributed by atoms with Crippen LogP contribution in [0.3, 0.4) is 0 Å². The standard InChI is InChI=1S/C14H8ClF3N2/c15-11-4-5-20-12(7-11)8-19-13(20)9-2-1-3-10(6-9)14(16,17)18/h1-8H. The van der Waals surface area contributed by atoms with Crippen molar-refractivity contribution in [1.29, 1.82) is 0 Å². The molecule has 0 aliphatic heterocycles. The predicted octanol–water partition coefficient (Wildman–Crippen LogP) is 4.67. The highest BCUT2D eigenvalue weighted by Gasteiger charge is 2.30. The van der Waals surface area contributed by atoms with E-state index < -0.39 is 11.7 Å². The van der Waals surface area contributed by atoms with Gasteiger partial charge >= 0.3 is 6.18 Å². The van der Waals surface area contributed by atoms with Gasteiger partial charge in [-0.15, -0.1) is 0 Å².